The molecule has 0 spiro atoms. The molecule has 22 heavy (non-hydrogen) atoms. The molecule has 3 nitrogen and oxygen atoms in total. The van der Waals surface area contributed by atoms with Gasteiger partial charge in [0.05, 0.1) is 0 Å². The zero-order chi connectivity index (χ0) is 16.5. The summed E-state index contributed by atoms with van der Waals surface area (Å²) in [6.07, 6.45) is -2.69. The van der Waals surface area contributed by atoms with Gasteiger partial charge in [0.2, 0.25) is 11.5 Å². The van der Waals surface area contributed by atoms with Crippen molar-refractivity contribution in [3.05, 3.63) is 41.7 Å². The van der Waals surface area contributed by atoms with E-state index < -0.39 is 35.7 Å². The number of rotatable bonds is 2. The van der Waals surface area contributed by atoms with Gasteiger partial charge in [-0.05, 0) is 30.2 Å². The summed E-state index contributed by atoms with van der Waals surface area (Å²) in [5.41, 5.74) is -3.45. The first-order chi connectivity index (χ1) is 10.2. The molecule has 1 aromatic carbocycles. The molecule has 7 heteroatoms. The number of ether oxygens (including phenoxy) is 1. The summed E-state index contributed by atoms with van der Waals surface area (Å²) >= 11 is 0. The van der Waals surface area contributed by atoms with E-state index in [2.05, 4.69) is 5.32 Å². The highest BCUT2D eigenvalue weighted by Gasteiger charge is 2.58. The molecule has 1 aliphatic rings. The van der Waals surface area contributed by atoms with E-state index in [9.17, 15) is 22.4 Å². The molecule has 0 aliphatic carbocycles. The molecular weight excluding hydrogens is 302 g/mol. The molecule has 0 radical (unpaired) electrons. The third kappa shape index (κ3) is 2.99. The Morgan fingerprint density at radius 1 is 1.36 bits per heavy atom. The van der Waals surface area contributed by atoms with Crippen LogP contribution in [0, 0.1) is 11.7 Å². The molecule has 0 aromatic heterocycles. The van der Waals surface area contributed by atoms with Crippen LogP contribution in [-0.4, -0.2) is 18.7 Å². The van der Waals surface area contributed by atoms with E-state index in [0.29, 0.717) is 0 Å². The summed E-state index contributed by atoms with van der Waals surface area (Å²) in [6.45, 7) is 2.62. The van der Waals surface area contributed by atoms with Crippen LogP contribution in [0.5, 0.6) is 0 Å². The van der Waals surface area contributed by atoms with E-state index in [-0.39, 0.29) is 11.6 Å². The van der Waals surface area contributed by atoms with Gasteiger partial charge in [0, 0.05) is 11.3 Å². The number of halogens is 4. The van der Waals surface area contributed by atoms with Crippen LogP contribution in [0.15, 0.2) is 30.4 Å². The number of nitrogens with one attached hydrogen (secondary N) is 1. The van der Waals surface area contributed by atoms with E-state index >= 15 is 0 Å². The number of fused-ring (bicyclic) bond motifs is 1. The van der Waals surface area contributed by atoms with E-state index in [1.54, 1.807) is 13.8 Å². The van der Waals surface area contributed by atoms with Crippen LogP contribution >= 0.6 is 0 Å². The number of benzene rings is 1. The van der Waals surface area contributed by atoms with Crippen molar-refractivity contribution in [1.82, 2.24) is 0 Å². The van der Waals surface area contributed by atoms with E-state index in [4.69, 9.17) is 4.74 Å². The number of allylic oxidation sites excluding steroid dienone is 1. The van der Waals surface area contributed by atoms with Gasteiger partial charge in [-0.1, -0.05) is 19.9 Å². The molecule has 0 saturated carbocycles. The van der Waals surface area contributed by atoms with Gasteiger partial charge >= 0.3 is 6.18 Å². The van der Waals surface area contributed by atoms with Gasteiger partial charge in [0.1, 0.15) is 12.4 Å². The molecule has 1 N–H and O–H groups in total. The number of hydrogen-bond acceptors (Lipinski definition) is 2. The summed E-state index contributed by atoms with van der Waals surface area (Å²) in [5, 5.41) is 2.30. The molecule has 0 fully saturated rings. The highest BCUT2D eigenvalue weighted by molar-refractivity contribution is 5.93. The first-order valence-electron chi connectivity index (χ1n) is 6.65. The lowest BCUT2D eigenvalue weighted by Gasteiger charge is -2.33. The maximum Gasteiger partial charge on any atom is 0.425 e. The Balaban J connectivity index is 2.72. The average molecular weight is 317 g/mol. The zero-order valence-corrected chi connectivity index (χ0v) is 12.0. The Bertz CT molecular complexity index is 610. The molecule has 1 aromatic rings. The average Bonchev–Trinajstić information content (AvgIpc) is 2.53. The molecule has 120 valence electrons. The quantitative estimate of drug-likeness (QED) is 0.666. The Labute approximate surface area is 125 Å². The SMILES string of the molecule is CC(C)C=CC1(C(F)(F)F)OCC(=O)Nc2ccc(F)cc21. The molecule has 1 aliphatic heterocycles. The molecule has 1 amide bonds. The molecule has 1 unspecified atom stereocenters. The van der Waals surface area contributed by atoms with Crippen molar-refractivity contribution in [2.24, 2.45) is 5.92 Å². The fourth-order valence-electron chi connectivity index (χ4n) is 2.17. The molecule has 2 rings (SSSR count). The number of anilines is 1. The van der Waals surface area contributed by atoms with Crippen LogP contribution < -0.4 is 5.32 Å². The standard InChI is InChI=1S/C15H15F4NO2/c1-9(2)5-6-14(15(17,18)19)11-7-10(16)3-4-12(11)20-13(21)8-22-14/h3-7,9H,8H2,1-2H3,(H,20,21). The van der Waals surface area contributed by atoms with Gasteiger partial charge in [-0.25, -0.2) is 4.39 Å². The second-order valence-electron chi connectivity index (χ2n) is 5.36. The smallest absolute Gasteiger partial charge is 0.347 e. The highest BCUT2D eigenvalue weighted by Crippen LogP contribution is 2.47. The van der Waals surface area contributed by atoms with E-state index in [0.717, 1.165) is 24.3 Å². The van der Waals surface area contributed by atoms with Crippen LogP contribution in [0.25, 0.3) is 0 Å². The highest BCUT2D eigenvalue weighted by atomic mass is 19.4. The van der Waals surface area contributed by atoms with Crippen molar-refractivity contribution < 1.29 is 27.1 Å². The maximum absolute atomic E-state index is 13.7. The largest absolute Gasteiger partial charge is 0.425 e. The van der Waals surface area contributed by atoms with E-state index in [1.165, 1.54) is 6.08 Å². The number of carbonyl (C=O) groups excluding carboxylic acids is 1. The Hall–Kier alpha value is -1.89. The summed E-state index contributed by atoms with van der Waals surface area (Å²) in [5.74, 6) is -1.74. The summed E-state index contributed by atoms with van der Waals surface area (Å²) in [4.78, 5) is 11.6. The lowest BCUT2D eigenvalue weighted by Crippen LogP contribution is -2.43. The first kappa shape index (κ1) is 16.5. The Morgan fingerprint density at radius 2 is 2.05 bits per heavy atom. The topological polar surface area (TPSA) is 38.3 Å². The second kappa shape index (κ2) is 5.72. The molecule has 0 saturated heterocycles. The van der Waals surface area contributed by atoms with Crippen LogP contribution in [-0.2, 0) is 15.1 Å². The molecule has 1 heterocycles. The normalized spacial score (nSPS) is 22.6. The van der Waals surface area contributed by atoms with Gasteiger partial charge in [0.25, 0.3) is 0 Å². The summed E-state index contributed by atoms with van der Waals surface area (Å²) in [7, 11) is 0. The monoisotopic (exact) mass is 317 g/mol. The van der Waals surface area contributed by atoms with Crippen molar-refractivity contribution in [1.29, 1.82) is 0 Å². The fourth-order valence-corrected chi connectivity index (χ4v) is 2.17. The van der Waals surface area contributed by atoms with Gasteiger partial charge < -0.3 is 10.1 Å². The number of hydrogen-bond donors (Lipinski definition) is 1. The van der Waals surface area contributed by atoms with Gasteiger partial charge in [0.15, 0.2) is 0 Å². The number of carbonyl (C=O) groups is 1. The van der Waals surface area contributed by atoms with Crippen LogP contribution in [0.4, 0.5) is 23.2 Å². The second-order valence-corrected chi connectivity index (χ2v) is 5.36. The fraction of sp³-hybridized carbons (Fsp3) is 0.400. The Kier molecular flexibility index (Phi) is 4.28. The molecule has 1 atom stereocenters. The zero-order valence-electron chi connectivity index (χ0n) is 12.0. The van der Waals surface area contributed by atoms with Crippen LogP contribution in [0.1, 0.15) is 19.4 Å². The lowest BCUT2D eigenvalue weighted by molar-refractivity contribution is -0.260. The third-order valence-corrected chi connectivity index (χ3v) is 3.22. The van der Waals surface area contributed by atoms with Crippen molar-refractivity contribution in [2.75, 3.05) is 11.9 Å². The number of alkyl halides is 3. The van der Waals surface area contributed by atoms with Crippen molar-refractivity contribution in [3.8, 4) is 0 Å². The number of amides is 1. The van der Waals surface area contributed by atoms with Crippen molar-refractivity contribution >= 4 is 11.6 Å². The predicted octanol–water partition coefficient (Wildman–Crippen LogP) is 3.76. The van der Waals surface area contributed by atoms with Gasteiger partial charge in [-0.3, -0.25) is 4.79 Å². The summed E-state index contributed by atoms with van der Waals surface area (Å²) in [6, 6.07) is 2.82. The summed E-state index contributed by atoms with van der Waals surface area (Å²) < 4.78 is 59.6. The predicted molar refractivity (Wildman–Crippen MR) is 72.7 cm³/mol. The molecular formula is C15H15F4NO2. The Morgan fingerprint density at radius 3 is 2.64 bits per heavy atom. The minimum absolute atomic E-state index is 0.116. The van der Waals surface area contributed by atoms with Crippen molar-refractivity contribution in [2.45, 2.75) is 25.6 Å². The van der Waals surface area contributed by atoms with Gasteiger partial charge in [-0.2, -0.15) is 13.2 Å². The van der Waals surface area contributed by atoms with E-state index in [1.807, 2.05) is 0 Å². The lowest BCUT2D eigenvalue weighted by atomic mass is 9.89. The first-order valence-corrected chi connectivity index (χ1v) is 6.65. The van der Waals surface area contributed by atoms with Crippen LogP contribution in [0.2, 0.25) is 0 Å². The van der Waals surface area contributed by atoms with Gasteiger partial charge in [-0.15, -0.1) is 0 Å². The minimum atomic E-state index is -4.85. The van der Waals surface area contributed by atoms with Crippen LogP contribution in [0.3, 0.4) is 0 Å². The maximum atomic E-state index is 13.7. The van der Waals surface area contributed by atoms with Crippen molar-refractivity contribution in [3.63, 3.8) is 0 Å². The third-order valence-electron chi connectivity index (χ3n) is 3.22. The minimum Gasteiger partial charge on any atom is -0.347 e. The molecule has 0 bridgehead atoms.